The minimum atomic E-state index is -0.451. The molecule has 0 unspecified atom stereocenters. The Hall–Kier alpha value is -1.42. The van der Waals surface area contributed by atoms with Gasteiger partial charge >= 0.3 is 0 Å². The first-order chi connectivity index (χ1) is 8.20. The topological polar surface area (TPSA) is 32.3 Å². The minimum Gasteiger partial charge on any atom is -0.337 e. The number of carbonyl (C=O) groups is 1. The molecule has 1 aliphatic rings. The maximum atomic E-state index is 13.5. The lowest BCUT2D eigenvalue weighted by molar-refractivity contribution is 0.0703. The van der Waals surface area contributed by atoms with Crippen LogP contribution >= 0.6 is 0 Å². The lowest BCUT2D eigenvalue weighted by Gasteiger charge is -2.31. The molecule has 0 aliphatic carbocycles. The van der Waals surface area contributed by atoms with E-state index in [1.807, 2.05) is 0 Å². The second-order valence-electron chi connectivity index (χ2n) is 4.40. The molecule has 3 nitrogen and oxygen atoms in total. The third-order valence-electron chi connectivity index (χ3n) is 3.24. The molecule has 1 aromatic carbocycles. The smallest absolute Gasteiger partial charge is 0.256 e. The minimum absolute atomic E-state index is 0.153. The van der Waals surface area contributed by atoms with Crippen molar-refractivity contribution >= 4 is 5.91 Å². The second-order valence-corrected chi connectivity index (χ2v) is 4.40. The molecule has 0 bridgehead atoms. The first-order valence-electron chi connectivity index (χ1n) is 5.92. The molecule has 92 valence electrons. The first kappa shape index (κ1) is 12.0. The van der Waals surface area contributed by atoms with Crippen LogP contribution in [0.25, 0.3) is 0 Å². The van der Waals surface area contributed by atoms with Gasteiger partial charge in [0.15, 0.2) is 0 Å². The van der Waals surface area contributed by atoms with Crippen LogP contribution in [0.5, 0.6) is 0 Å². The predicted molar refractivity (Wildman–Crippen MR) is 64.4 cm³/mol. The summed E-state index contributed by atoms with van der Waals surface area (Å²) in [5.74, 6) is -0.690. The number of nitrogens with zero attached hydrogens (tertiary/aromatic N) is 1. The van der Waals surface area contributed by atoms with Crippen molar-refractivity contribution in [3.8, 4) is 0 Å². The molecule has 1 heterocycles. The van der Waals surface area contributed by atoms with Gasteiger partial charge in [-0.3, -0.25) is 4.79 Å². The van der Waals surface area contributed by atoms with Crippen LogP contribution in [0.15, 0.2) is 24.3 Å². The summed E-state index contributed by atoms with van der Waals surface area (Å²) >= 11 is 0. The summed E-state index contributed by atoms with van der Waals surface area (Å²) in [4.78, 5) is 13.8. The van der Waals surface area contributed by atoms with Gasteiger partial charge in [-0.15, -0.1) is 0 Å². The van der Waals surface area contributed by atoms with E-state index >= 15 is 0 Å². The fourth-order valence-corrected chi connectivity index (χ4v) is 2.15. The number of amides is 1. The van der Waals surface area contributed by atoms with E-state index in [0.29, 0.717) is 0 Å². The van der Waals surface area contributed by atoms with Gasteiger partial charge < -0.3 is 10.2 Å². The molecule has 0 aromatic heterocycles. The van der Waals surface area contributed by atoms with Gasteiger partial charge in [-0.05, 0) is 31.5 Å². The van der Waals surface area contributed by atoms with E-state index in [4.69, 9.17) is 0 Å². The molecular formula is C13H17FN2O. The molecule has 0 spiro atoms. The number of hydrogen-bond acceptors (Lipinski definition) is 2. The molecule has 17 heavy (non-hydrogen) atoms. The van der Waals surface area contributed by atoms with Gasteiger partial charge in [-0.25, -0.2) is 4.39 Å². The molecule has 4 heteroatoms. The van der Waals surface area contributed by atoms with Crippen molar-refractivity contribution in [1.29, 1.82) is 0 Å². The Kier molecular flexibility index (Phi) is 3.74. The molecule has 1 N–H and O–H groups in total. The van der Waals surface area contributed by atoms with E-state index in [1.165, 1.54) is 12.1 Å². The summed E-state index contributed by atoms with van der Waals surface area (Å²) in [6.07, 6.45) is 2.03. The van der Waals surface area contributed by atoms with Crippen LogP contribution in [0.2, 0.25) is 0 Å². The van der Waals surface area contributed by atoms with E-state index in [0.717, 1.165) is 25.9 Å². The molecule has 1 saturated heterocycles. The van der Waals surface area contributed by atoms with Crippen LogP contribution in [-0.2, 0) is 0 Å². The highest BCUT2D eigenvalue weighted by Gasteiger charge is 2.24. The maximum absolute atomic E-state index is 13.5. The van der Waals surface area contributed by atoms with E-state index in [1.54, 1.807) is 24.1 Å². The lowest BCUT2D eigenvalue weighted by Crippen LogP contribution is -2.46. The average molecular weight is 236 g/mol. The van der Waals surface area contributed by atoms with Gasteiger partial charge in [-0.2, -0.15) is 0 Å². The number of benzene rings is 1. The second kappa shape index (κ2) is 5.27. The highest BCUT2D eigenvalue weighted by molar-refractivity contribution is 5.94. The van der Waals surface area contributed by atoms with E-state index < -0.39 is 5.82 Å². The molecule has 0 radical (unpaired) electrons. The predicted octanol–water partition coefficient (Wildman–Crippen LogP) is 1.65. The van der Waals surface area contributed by atoms with Crippen LogP contribution in [0.1, 0.15) is 23.2 Å². The molecular weight excluding hydrogens is 219 g/mol. The molecule has 1 amide bonds. The van der Waals surface area contributed by atoms with Crippen molar-refractivity contribution in [3.63, 3.8) is 0 Å². The number of likely N-dealkylation sites (N-methyl/N-ethyl adjacent to an activating group) is 1. The van der Waals surface area contributed by atoms with Crippen molar-refractivity contribution in [3.05, 3.63) is 35.6 Å². The number of rotatable bonds is 2. The molecule has 1 aliphatic heterocycles. The Bertz CT molecular complexity index is 402. The maximum Gasteiger partial charge on any atom is 0.256 e. The largest absolute Gasteiger partial charge is 0.337 e. The van der Waals surface area contributed by atoms with Gasteiger partial charge in [0, 0.05) is 19.6 Å². The number of hydrogen-bond donors (Lipinski definition) is 1. The Morgan fingerprint density at radius 2 is 2.24 bits per heavy atom. The van der Waals surface area contributed by atoms with Gasteiger partial charge in [0.1, 0.15) is 5.82 Å². The van der Waals surface area contributed by atoms with E-state index in [9.17, 15) is 9.18 Å². The number of halogens is 1. The summed E-state index contributed by atoms with van der Waals surface area (Å²) < 4.78 is 13.5. The zero-order valence-electron chi connectivity index (χ0n) is 9.95. The summed E-state index contributed by atoms with van der Waals surface area (Å²) in [6.45, 7) is 1.79. The van der Waals surface area contributed by atoms with Crippen LogP contribution in [-0.4, -0.2) is 37.0 Å². The third kappa shape index (κ3) is 2.64. The van der Waals surface area contributed by atoms with Crippen molar-refractivity contribution in [2.45, 2.75) is 18.9 Å². The summed E-state index contributed by atoms with van der Waals surface area (Å²) in [7, 11) is 1.74. The fraction of sp³-hybridized carbons (Fsp3) is 0.462. The summed E-state index contributed by atoms with van der Waals surface area (Å²) in [5.41, 5.74) is 0.153. The van der Waals surface area contributed by atoms with E-state index in [2.05, 4.69) is 5.32 Å². The van der Waals surface area contributed by atoms with Crippen LogP contribution in [0.4, 0.5) is 4.39 Å². The Morgan fingerprint density at radius 1 is 1.47 bits per heavy atom. The van der Waals surface area contributed by atoms with Gasteiger partial charge in [-0.1, -0.05) is 12.1 Å². The van der Waals surface area contributed by atoms with E-state index in [-0.39, 0.29) is 17.5 Å². The third-order valence-corrected chi connectivity index (χ3v) is 3.24. The quantitative estimate of drug-likeness (QED) is 0.846. The zero-order chi connectivity index (χ0) is 12.3. The van der Waals surface area contributed by atoms with Gasteiger partial charge in [0.05, 0.1) is 5.56 Å². The summed E-state index contributed by atoms with van der Waals surface area (Å²) in [5, 5.41) is 3.25. The molecule has 1 aromatic rings. The molecule has 0 saturated carbocycles. The SMILES string of the molecule is CN(C(=O)c1ccccc1F)[C@H]1CCCNC1. The van der Waals surface area contributed by atoms with Crippen LogP contribution in [0, 0.1) is 5.82 Å². The van der Waals surface area contributed by atoms with Crippen molar-refractivity contribution < 1.29 is 9.18 Å². The fourth-order valence-electron chi connectivity index (χ4n) is 2.15. The van der Waals surface area contributed by atoms with Crippen LogP contribution < -0.4 is 5.32 Å². The normalized spacial score (nSPS) is 20.0. The zero-order valence-corrected chi connectivity index (χ0v) is 9.95. The summed E-state index contributed by atoms with van der Waals surface area (Å²) in [6, 6.07) is 6.29. The van der Waals surface area contributed by atoms with Crippen molar-refractivity contribution in [2.24, 2.45) is 0 Å². The van der Waals surface area contributed by atoms with Crippen molar-refractivity contribution in [1.82, 2.24) is 10.2 Å². The average Bonchev–Trinajstić information content (AvgIpc) is 2.39. The monoisotopic (exact) mass is 236 g/mol. The van der Waals surface area contributed by atoms with Gasteiger partial charge in [0.25, 0.3) is 5.91 Å². The Labute approximate surface area is 101 Å². The molecule has 2 rings (SSSR count). The standard InChI is InChI=1S/C13H17FN2O/c1-16(10-5-4-8-15-9-10)13(17)11-6-2-3-7-12(11)14/h2-3,6-7,10,15H,4-5,8-9H2,1H3/t10-/m0/s1. The number of carbonyl (C=O) groups excluding carboxylic acids is 1. The number of nitrogens with one attached hydrogen (secondary N) is 1. The molecule has 1 atom stereocenters. The van der Waals surface area contributed by atoms with Crippen LogP contribution in [0.3, 0.4) is 0 Å². The highest BCUT2D eigenvalue weighted by atomic mass is 19.1. The molecule has 1 fully saturated rings. The van der Waals surface area contributed by atoms with Gasteiger partial charge in [0.2, 0.25) is 0 Å². The lowest BCUT2D eigenvalue weighted by atomic mass is 10.1. The Balaban J connectivity index is 2.11. The Morgan fingerprint density at radius 3 is 2.88 bits per heavy atom. The van der Waals surface area contributed by atoms with Crippen molar-refractivity contribution in [2.75, 3.05) is 20.1 Å². The number of piperidine rings is 1. The highest BCUT2D eigenvalue weighted by Crippen LogP contribution is 2.14. The first-order valence-corrected chi connectivity index (χ1v) is 5.92.